The summed E-state index contributed by atoms with van der Waals surface area (Å²) in [5.41, 5.74) is 1.21. The Kier molecular flexibility index (Phi) is 4.23. The number of nitrogens with zero attached hydrogens (tertiary/aromatic N) is 3. The van der Waals surface area contributed by atoms with Crippen molar-refractivity contribution >= 4 is 17.8 Å². The smallest absolute Gasteiger partial charge is 0.410 e. The molecule has 0 spiro atoms. The van der Waals surface area contributed by atoms with Gasteiger partial charge < -0.3 is 19.5 Å². The van der Waals surface area contributed by atoms with Crippen molar-refractivity contribution in [2.24, 2.45) is 0 Å². The van der Waals surface area contributed by atoms with Gasteiger partial charge in [-0.1, -0.05) is 5.16 Å². The summed E-state index contributed by atoms with van der Waals surface area (Å²) in [6.07, 6.45) is 0.176. The molecule has 0 bridgehead atoms. The van der Waals surface area contributed by atoms with E-state index in [1.165, 1.54) is 0 Å². The molecule has 2 aromatic heterocycles. The second-order valence-electron chi connectivity index (χ2n) is 6.96. The van der Waals surface area contributed by atoms with E-state index in [4.69, 9.17) is 9.26 Å². The number of hydrogen-bond donors (Lipinski definition) is 2. The van der Waals surface area contributed by atoms with Crippen molar-refractivity contribution in [2.45, 2.75) is 46.3 Å². The maximum Gasteiger partial charge on any atom is 0.410 e. The van der Waals surface area contributed by atoms with Gasteiger partial charge in [-0.2, -0.15) is 5.10 Å². The minimum Gasteiger partial charge on any atom is -0.444 e. The van der Waals surface area contributed by atoms with Gasteiger partial charge in [0.15, 0.2) is 11.5 Å². The van der Waals surface area contributed by atoms with Crippen LogP contribution in [0.1, 0.15) is 48.3 Å². The summed E-state index contributed by atoms with van der Waals surface area (Å²) in [5, 5.41) is 13.3. The molecule has 0 radical (unpaired) electrons. The fraction of sp³-hybridized carbons (Fsp3) is 0.500. The van der Waals surface area contributed by atoms with Crippen LogP contribution in [0.3, 0.4) is 0 Å². The Morgan fingerprint density at radius 3 is 2.80 bits per heavy atom. The maximum atomic E-state index is 12.5. The first-order valence-electron chi connectivity index (χ1n) is 8.01. The number of nitrogens with one attached hydrogen (secondary N) is 2. The number of H-pyrrole nitrogens is 1. The van der Waals surface area contributed by atoms with E-state index >= 15 is 0 Å². The molecule has 2 N–H and O–H groups in total. The summed E-state index contributed by atoms with van der Waals surface area (Å²) < 4.78 is 10.3. The van der Waals surface area contributed by atoms with Gasteiger partial charge in [-0.25, -0.2) is 4.79 Å². The van der Waals surface area contributed by atoms with Crippen LogP contribution in [0.15, 0.2) is 10.6 Å². The molecule has 134 valence electrons. The predicted molar refractivity (Wildman–Crippen MR) is 88.1 cm³/mol. The summed E-state index contributed by atoms with van der Waals surface area (Å²) >= 11 is 0. The van der Waals surface area contributed by atoms with Crippen molar-refractivity contribution < 1.29 is 18.8 Å². The van der Waals surface area contributed by atoms with Crippen LogP contribution in [0.4, 0.5) is 10.6 Å². The fourth-order valence-corrected chi connectivity index (χ4v) is 2.57. The van der Waals surface area contributed by atoms with Crippen molar-refractivity contribution in [1.29, 1.82) is 0 Å². The zero-order valence-corrected chi connectivity index (χ0v) is 14.7. The Morgan fingerprint density at radius 1 is 1.40 bits per heavy atom. The van der Waals surface area contributed by atoms with E-state index in [1.54, 1.807) is 17.9 Å². The number of fused-ring (bicyclic) bond motifs is 1. The van der Waals surface area contributed by atoms with Gasteiger partial charge in [0.25, 0.3) is 5.91 Å². The van der Waals surface area contributed by atoms with Gasteiger partial charge in [0, 0.05) is 30.3 Å². The van der Waals surface area contributed by atoms with E-state index in [2.05, 4.69) is 20.7 Å². The summed E-state index contributed by atoms with van der Waals surface area (Å²) in [6, 6.07) is 1.62. The van der Waals surface area contributed by atoms with Crippen molar-refractivity contribution in [3.8, 4) is 0 Å². The van der Waals surface area contributed by atoms with Crippen LogP contribution in [-0.2, 0) is 17.7 Å². The van der Waals surface area contributed by atoms with Crippen LogP contribution >= 0.6 is 0 Å². The fourth-order valence-electron chi connectivity index (χ4n) is 2.57. The second kappa shape index (κ2) is 6.23. The van der Waals surface area contributed by atoms with E-state index in [-0.39, 0.29) is 12.2 Å². The molecule has 0 fully saturated rings. The van der Waals surface area contributed by atoms with Crippen molar-refractivity contribution in [1.82, 2.24) is 20.3 Å². The standard InChI is InChI=1S/C16H21N5O4/c1-9-7-12(20-25-9)17-14(22)13-10-8-21(6-5-11(10)18-19-13)15(23)24-16(2,3)4/h7H,5-6,8H2,1-4H3,(H,18,19)(H,17,20,22). The van der Waals surface area contributed by atoms with Crippen molar-refractivity contribution in [3.63, 3.8) is 0 Å². The highest BCUT2D eigenvalue weighted by molar-refractivity contribution is 6.03. The van der Waals surface area contributed by atoms with Gasteiger partial charge in [0.05, 0.1) is 6.54 Å². The molecule has 3 heterocycles. The van der Waals surface area contributed by atoms with E-state index in [1.807, 2.05) is 20.8 Å². The van der Waals surface area contributed by atoms with Gasteiger partial charge in [-0.3, -0.25) is 9.89 Å². The minimum absolute atomic E-state index is 0.240. The molecule has 1 aliphatic heterocycles. The number of carbonyl (C=O) groups excluding carboxylic acids is 2. The Hall–Kier alpha value is -2.84. The third-order valence-corrected chi connectivity index (χ3v) is 3.67. The number of aromatic amines is 1. The van der Waals surface area contributed by atoms with E-state index in [0.29, 0.717) is 30.1 Å². The molecule has 9 nitrogen and oxygen atoms in total. The number of carbonyl (C=O) groups is 2. The summed E-state index contributed by atoms with van der Waals surface area (Å²) in [5.74, 6) is 0.506. The first kappa shape index (κ1) is 17.0. The SMILES string of the molecule is Cc1cc(NC(=O)c2n[nH]c3c2CN(C(=O)OC(C)(C)C)CC3)no1. The lowest BCUT2D eigenvalue weighted by molar-refractivity contribution is 0.0222. The molecule has 1 aliphatic rings. The quantitative estimate of drug-likeness (QED) is 0.861. The van der Waals surface area contributed by atoms with E-state index < -0.39 is 17.6 Å². The van der Waals surface area contributed by atoms with Crippen LogP contribution in [0.25, 0.3) is 0 Å². The highest BCUT2D eigenvalue weighted by Gasteiger charge is 2.30. The van der Waals surface area contributed by atoms with Gasteiger partial charge in [0.1, 0.15) is 11.4 Å². The maximum absolute atomic E-state index is 12.5. The van der Waals surface area contributed by atoms with Crippen molar-refractivity contribution in [2.75, 3.05) is 11.9 Å². The highest BCUT2D eigenvalue weighted by Crippen LogP contribution is 2.23. The Balaban J connectivity index is 1.74. The molecule has 3 rings (SSSR count). The van der Waals surface area contributed by atoms with Crippen LogP contribution in [0.2, 0.25) is 0 Å². The second-order valence-corrected chi connectivity index (χ2v) is 6.96. The molecule has 2 amide bonds. The van der Waals surface area contributed by atoms with Gasteiger partial charge in [-0.15, -0.1) is 0 Å². The van der Waals surface area contributed by atoms with E-state index in [0.717, 1.165) is 5.69 Å². The Labute approximate surface area is 144 Å². The summed E-state index contributed by atoms with van der Waals surface area (Å²) in [6.45, 7) is 7.96. The van der Waals surface area contributed by atoms with Crippen LogP contribution < -0.4 is 5.32 Å². The number of rotatable bonds is 2. The average Bonchev–Trinajstić information content (AvgIpc) is 3.10. The zero-order chi connectivity index (χ0) is 18.2. The Bertz CT molecular complexity index is 802. The molecular formula is C16H21N5O4. The zero-order valence-electron chi connectivity index (χ0n) is 14.7. The van der Waals surface area contributed by atoms with Gasteiger partial charge in [-0.05, 0) is 27.7 Å². The Morgan fingerprint density at radius 2 is 2.16 bits per heavy atom. The molecule has 0 unspecified atom stereocenters. The topological polar surface area (TPSA) is 113 Å². The lowest BCUT2D eigenvalue weighted by Gasteiger charge is -2.30. The summed E-state index contributed by atoms with van der Waals surface area (Å²) in [7, 11) is 0. The number of hydrogen-bond acceptors (Lipinski definition) is 6. The number of aryl methyl sites for hydroxylation is 1. The van der Waals surface area contributed by atoms with Gasteiger partial charge in [0.2, 0.25) is 0 Å². The average molecular weight is 347 g/mol. The molecule has 25 heavy (non-hydrogen) atoms. The monoisotopic (exact) mass is 347 g/mol. The van der Waals surface area contributed by atoms with E-state index in [9.17, 15) is 9.59 Å². The number of ether oxygens (including phenoxy) is 1. The largest absolute Gasteiger partial charge is 0.444 e. The highest BCUT2D eigenvalue weighted by atomic mass is 16.6. The van der Waals surface area contributed by atoms with Crippen LogP contribution in [0.5, 0.6) is 0 Å². The minimum atomic E-state index is -0.571. The normalized spacial score (nSPS) is 14.2. The number of amides is 2. The molecule has 9 heteroatoms. The van der Waals surface area contributed by atoms with Crippen LogP contribution in [-0.4, -0.2) is 44.4 Å². The molecular weight excluding hydrogens is 326 g/mol. The van der Waals surface area contributed by atoms with Gasteiger partial charge >= 0.3 is 6.09 Å². The van der Waals surface area contributed by atoms with Crippen LogP contribution in [0, 0.1) is 6.92 Å². The first-order valence-corrected chi connectivity index (χ1v) is 8.01. The lowest BCUT2D eigenvalue weighted by atomic mass is 10.1. The molecule has 0 aliphatic carbocycles. The molecule has 0 aromatic carbocycles. The first-order chi connectivity index (χ1) is 11.7. The summed E-state index contributed by atoms with van der Waals surface area (Å²) in [4.78, 5) is 26.3. The number of aromatic nitrogens is 3. The molecule has 0 atom stereocenters. The molecule has 2 aromatic rings. The molecule has 0 saturated carbocycles. The van der Waals surface area contributed by atoms with Crippen molar-refractivity contribution in [3.05, 3.63) is 28.8 Å². The third kappa shape index (κ3) is 3.81. The third-order valence-electron chi connectivity index (χ3n) is 3.67. The predicted octanol–water partition coefficient (Wildman–Crippen LogP) is 2.25. The lowest BCUT2D eigenvalue weighted by Crippen LogP contribution is -2.40. The molecule has 0 saturated heterocycles. The number of anilines is 1.